The molecule has 1 aromatic carbocycles. The molecule has 0 saturated carbocycles. The van der Waals surface area contributed by atoms with Gasteiger partial charge in [0.05, 0.1) is 13.1 Å². The third kappa shape index (κ3) is 2.63. The van der Waals surface area contributed by atoms with Gasteiger partial charge in [0.2, 0.25) is 0 Å². The average Bonchev–Trinajstić information content (AvgIpc) is 2.86. The van der Waals surface area contributed by atoms with E-state index in [1.165, 1.54) is 6.07 Å². The topological polar surface area (TPSA) is 59.0 Å². The third-order valence-corrected chi connectivity index (χ3v) is 4.57. The van der Waals surface area contributed by atoms with Crippen molar-refractivity contribution in [2.24, 2.45) is 5.92 Å². The number of likely N-dealkylation sites (tertiary alicyclic amines) is 1. The fraction of sp³-hybridized carbons (Fsp3) is 0.562. The minimum Gasteiger partial charge on any atom is -0.508 e. The van der Waals surface area contributed by atoms with Crippen molar-refractivity contribution in [2.45, 2.75) is 18.4 Å². The summed E-state index contributed by atoms with van der Waals surface area (Å²) in [5, 5.41) is 9.47. The molecule has 2 fully saturated rings. The number of phenolic OH excluding ortho intramolecular Hbond substituents is 1. The van der Waals surface area contributed by atoms with E-state index in [0.717, 1.165) is 26.1 Å². The van der Waals surface area contributed by atoms with Gasteiger partial charge in [-0.1, -0.05) is 6.07 Å². The van der Waals surface area contributed by atoms with Gasteiger partial charge in [-0.3, -0.25) is 4.79 Å². The third-order valence-electron chi connectivity index (χ3n) is 4.57. The van der Waals surface area contributed by atoms with Crippen LogP contribution in [0.3, 0.4) is 0 Å². The van der Waals surface area contributed by atoms with Gasteiger partial charge in [-0.2, -0.15) is 0 Å². The highest BCUT2D eigenvalue weighted by molar-refractivity contribution is 5.95. The predicted molar refractivity (Wildman–Crippen MR) is 77.3 cm³/mol. The lowest BCUT2D eigenvalue weighted by Gasteiger charge is -2.50. The Hall–Kier alpha value is -1.59. The molecule has 1 aromatic rings. The first kappa shape index (κ1) is 14.4. The molecule has 0 aromatic heterocycles. The largest absolute Gasteiger partial charge is 0.508 e. The van der Waals surface area contributed by atoms with E-state index in [1.54, 1.807) is 30.2 Å². The second-order valence-electron chi connectivity index (χ2n) is 5.89. The van der Waals surface area contributed by atoms with E-state index >= 15 is 0 Å². The summed E-state index contributed by atoms with van der Waals surface area (Å²) in [6.07, 6.45) is 2.02. The molecule has 114 valence electrons. The van der Waals surface area contributed by atoms with Crippen molar-refractivity contribution < 1.29 is 19.4 Å². The molecule has 5 heteroatoms. The number of nitrogens with zero attached hydrogens (tertiary/aromatic N) is 1. The van der Waals surface area contributed by atoms with Crippen LogP contribution in [-0.4, -0.2) is 54.9 Å². The number of carbonyl (C=O) groups excluding carboxylic acids is 1. The lowest BCUT2D eigenvalue weighted by molar-refractivity contribution is -0.120. The molecule has 0 bridgehead atoms. The van der Waals surface area contributed by atoms with Crippen molar-refractivity contribution in [2.75, 3.05) is 33.4 Å². The smallest absolute Gasteiger partial charge is 0.254 e. The Bertz CT molecular complexity index is 525. The molecule has 1 amide bonds. The first-order valence-electron chi connectivity index (χ1n) is 7.36. The number of methoxy groups -OCH3 is 1. The van der Waals surface area contributed by atoms with Crippen molar-refractivity contribution in [1.29, 1.82) is 0 Å². The number of carbonyl (C=O) groups is 1. The fourth-order valence-electron chi connectivity index (χ4n) is 3.37. The Morgan fingerprint density at radius 1 is 1.52 bits per heavy atom. The zero-order valence-corrected chi connectivity index (χ0v) is 12.2. The molecule has 1 unspecified atom stereocenters. The summed E-state index contributed by atoms with van der Waals surface area (Å²) in [5.41, 5.74) is 0.349. The Balaban J connectivity index is 1.63. The number of hydrogen-bond donors (Lipinski definition) is 1. The van der Waals surface area contributed by atoms with Crippen LogP contribution in [0.5, 0.6) is 5.75 Å². The van der Waals surface area contributed by atoms with E-state index in [4.69, 9.17) is 9.47 Å². The molecule has 0 radical (unpaired) electrons. The summed E-state index contributed by atoms with van der Waals surface area (Å²) in [4.78, 5) is 14.2. The molecule has 1 spiro atoms. The molecule has 21 heavy (non-hydrogen) atoms. The Morgan fingerprint density at radius 2 is 2.33 bits per heavy atom. The van der Waals surface area contributed by atoms with Gasteiger partial charge in [0.1, 0.15) is 11.4 Å². The molecule has 0 aliphatic carbocycles. The van der Waals surface area contributed by atoms with E-state index in [1.807, 2.05) is 0 Å². The molecular formula is C16H21NO4. The highest BCUT2D eigenvalue weighted by Gasteiger charge is 2.54. The SMILES string of the molecule is COCCC1CCOC12CN(C(=O)c1cccc(O)c1)C2. The predicted octanol–water partition coefficient (Wildman–Crippen LogP) is 1.66. The normalized spacial score (nSPS) is 23.3. The number of hydrogen-bond acceptors (Lipinski definition) is 4. The molecule has 1 atom stereocenters. The quantitative estimate of drug-likeness (QED) is 0.916. The Labute approximate surface area is 124 Å². The molecule has 2 aliphatic heterocycles. The number of amides is 1. The minimum atomic E-state index is -0.176. The van der Waals surface area contributed by atoms with E-state index < -0.39 is 0 Å². The van der Waals surface area contributed by atoms with Crippen LogP contribution in [0, 0.1) is 5.92 Å². The van der Waals surface area contributed by atoms with E-state index in [-0.39, 0.29) is 17.3 Å². The molecule has 1 N–H and O–H groups in total. The van der Waals surface area contributed by atoms with Gasteiger partial charge in [0.15, 0.2) is 0 Å². The summed E-state index contributed by atoms with van der Waals surface area (Å²) in [7, 11) is 1.71. The van der Waals surface area contributed by atoms with Crippen molar-refractivity contribution in [3.8, 4) is 5.75 Å². The standard InChI is InChI=1S/C16H21NO4/c1-20-7-5-13-6-8-21-16(13)10-17(11-16)15(19)12-3-2-4-14(18)9-12/h2-4,9,13,18H,5-8,10-11H2,1H3. The lowest BCUT2D eigenvalue weighted by Crippen LogP contribution is -2.66. The van der Waals surface area contributed by atoms with Crippen molar-refractivity contribution in [3.63, 3.8) is 0 Å². The van der Waals surface area contributed by atoms with E-state index in [2.05, 4.69) is 0 Å². The minimum absolute atomic E-state index is 0.0440. The highest BCUT2D eigenvalue weighted by atomic mass is 16.5. The van der Waals surface area contributed by atoms with Crippen LogP contribution in [0.2, 0.25) is 0 Å². The van der Waals surface area contributed by atoms with E-state index in [9.17, 15) is 9.90 Å². The summed E-state index contributed by atoms with van der Waals surface area (Å²) in [5.74, 6) is 0.536. The Morgan fingerprint density at radius 3 is 3.05 bits per heavy atom. The average molecular weight is 291 g/mol. The molecule has 2 saturated heterocycles. The maximum atomic E-state index is 12.4. The second kappa shape index (κ2) is 5.66. The summed E-state index contributed by atoms with van der Waals surface area (Å²) < 4.78 is 11.1. The molecule has 5 nitrogen and oxygen atoms in total. The first-order chi connectivity index (χ1) is 10.1. The summed E-state index contributed by atoms with van der Waals surface area (Å²) in [6.45, 7) is 2.77. The number of ether oxygens (including phenoxy) is 2. The van der Waals surface area contributed by atoms with Gasteiger partial charge in [-0.25, -0.2) is 0 Å². The van der Waals surface area contributed by atoms with Crippen molar-refractivity contribution in [1.82, 2.24) is 4.90 Å². The molecular weight excluding hydrogens is 270 g/mol. The number of phenols is 1. The summed E-state index contributed by atoms with van der Waals surface area (Å²) >= 11 is 0. The molecule has 3 rings (SSSR count). The van der Waals surface area contributed by atoms with Crippen molar-refractivity contribution in [3.05, 3.63) is 29.8 Å². The van der Waals surface area contributed by atoms with Crippen molar-refractivity contribution >= 4 is 5.91 Å². The fourth-order valence-corrected chi connectivity index (χ4v) is 3.37. The van der Waals surface area contributed by atoms with Crippen LogP contribution in [0.25, 0.3) is 0 Å². The molecule has 2 aliphatic rings. The van der Waals surface area contributed by atoms with Gasteiger partial charge >= 0.3 is 0 Å². The summed E-state index contributed by atoms with van der Waals surface area (Å²) in [6, 6.07) is 6.48. The zero-order chi connectivity index (χ0) is 14.9. The molecule has 2 heterocycles. The van der Waals surface area contributed by atoms with Gasteiger partial charge in [0.25, 0.3) is 5.91 Å². The van der Waals surface area contributed by atoms with Gasteiger partial charge in [-0.05, 0) is 37.0 Å². The van der Waals surface area contributed by atoms with Crippen LogP contribution in [-0.2, 0) is 9.47 Å². The van der Waals surface area contributed by atoms with Crippen LogP contribution < -0.4 is 0 Å². The van der Waals surface area contributed by atoms with Gasteiger partial charge < -0.3 is 19.5 Å². The van der Waals surface area contributed by atoms with Crippen LogP contribution in [0.4, 0.5) is 0 Å². The monoisotopic (exact) mass is 291 g/mol. The highest BCUT2D eigenvalue weighted by Crippen LogP contribution is 2.42. The second-order valence-corrected chi connectivity index (χ2v) is 5.89. The van der Waals surface area contributed by atoms with Crippen LogP contribution in [0.15, 0.2) is 24.3 Å². The van der Waals surface area contributed by atoms with Gasteiger partial charge in [-0.15, -0.1) is 0 Å². The first-order valence-corrected chi connectivity index (χ1v) is 7.36. The Kier molecular flexibility index (Phi) is 3.87. The maximum absolute atomic E-state index is 12.4. The maximum Gasteiger partial charge on any atom is 0.254 e. The number of benzene rings is 1. The number of aromatic hydroxyl groups is 1. The number of rotatable bonds is 4. The van der Waals surface area contributed by atoms with Gasteiger partial charge in [0, 0.05) is 25.9 Å². The van der Waals surface area contributed by atoms with Crippen LogP contribution >= 0.6 is 0 Å². The lowest BCUT2D eigenvalue weighted by atomic mass is 9.79. The zero-order valence-electron chi connectivity index (χ0n) is 12.2. The van der Waals surface area contributed by atoms with Crippen LogP contribution in [0.1, 0.15) is 23.2 Å². The van der Waals surface area contributed by atoms with E-state index in [0.29, 0.717) is 24.6 Å².